The van der Waals surface area contributed by atoms with E-state index in [2.05, 4.69) is 0 Å². The molecule has 0 radical (unpaired) electrons. The molecule has 1 unspecified atom stereocenters. The van der Waals surface area contributed by atoms with Gasteiger partial charge in [-0.15, -0.1) is 12.4 Å². The number of nitrogens with zero attached hydrogens (tertiary/aromatic N) is 2. The van der Waals surface area contributed by atoms with Crippen molar-refractivity contribution in [2.75, 3.05) is 26.2 Å². The molecule has 0 aliphatic carbocycles. The SMILES string of the molecule is CCCC(N)C(=O)N1CCN(C(=O)c2ccc(Cl)cc2)CC1.Cl. The highest BCUT2D eigenvalue weighted by Gasteiger charge is 2.27. The van der Waals surface area contributed by atoms with E-state index in [4.69, 9.17) is 17.3 Å². The maximum atomic E-state index is 12.4. The minimum absolute atomic E-state index is 0. The highest BCUT2D eigenvalue weighted by Crippen LogP contribution is 2.13. The number of halogens is 2. The molecule has 5 nitrogen and oxygen atoms in total. The van der Waals surface area contributed by atoms with Crippen LogP contribution < -0.4 is 5.73 Å². The van der Waals surface area contributed by atoms with Gasteiger partial charge in [0.2, 0.25) is 5.91 Å². The summed E-state index contributed by atoms with van der Waals surface area (Å²) in [4.78, 5) is 28.1. The van der Waals surface area contributed by atoms with E-state index < -0.39 is 6.04 Å². The first kappa shape index (κ1) is 19.7. The fourth-order valence-corrected chi connectivity index (χ4v) is 2.70. The van der Waals surface area contributed by atoms with E-state index in [1.165, 1.54) is 0 Å². The van der Waals surface area contributed by atoms with Gasteiger partial charge >= 0.3 is 0 Å². The number of rotatable bonds is 4. The second kappa shape index (κ2) is 9.11. The van der Waals surface area contributed by atoms with Gasteiger partial charge in [-0.3, -0.25) is 9.59 Å². The molecule has 7 heteroatoms. The number of piperazine rings is 1. The van der Waals surface area contributed by atoms with Gasteiger partial charge in [-0.05, 0) is 30.7 Å². The summed E-state index contributed by atoms with van der Waals surface area (Å²) in [6.07, 6.45) is 1.59. The third kappa shape index (κ3) is 5.09. The summed E-state index contributed by atoms with van der Waals surface area (Å²) in [5.41, 5.74) is 6.49. The zero-order valence-corrected chi connectivity index (χ0v) is 14.8. The van der Waals surface area contributed by atoms with E-state index in [-0.39, 0.29) is 24.2 Å². The van der Waals surface area contributed by atoms with Gasteiger partial charge in [-0.25, -0.2) is 0 Å². The van der Waals surface area contributed by atoms with Crippen LogP contribution in [-0.2, 0) is 4.79 Å². The Balaban J connectivity index is 0.00000264. The number of hydrogen-bond acceptors (Lipinski definition) is 3. The van der Waals surface area contributed by atoms with Gasteiger partial charge in [0.05, 0.1) is 6.04 Å². The van der Waals surface area contributed by atoms with E-state index in [1.807, 2.05) is 6.92 Å². The highest BCUT2D eigenvalue weighted by atomic mass is 35.5. The second-order valence-electron chi connectivity index (χ2n) is 5.52. The van der Waals surface area contributed by atoms with Crippen molar-refractivity contribution >= 4 is 35.8 Å². The van der Waals surface area contributed by atoms with Gasteiger partial charge in [-0.1, -0.05) is 24.9 Å². The van der Waals surface area contributed by atoms with Crippen LogP contribution in [0.1, 0.15) is 30.1 Å². The average Bonchev–Trinajstić information content (AvgIpc) is 2.54. The summed E-state index contributed by atoms with van der Waals surface area (Å²) in [7, 11) is 0. The van der Waals surface area contributed by atoms with E-state index in [0.29, 0.717) is 43.2 Å². The minimum atomic E-state index is -0.427. The van der Waals surface area contributed by atoms with E-state index >= 15 is 0 Å². The number of carbonyl (C=O) groups is 2. The number of carbonyl (C=O) groups excluding carboxylic acids is 2. The van der Waals surface area contributed by atoms with Crippen molar-refractivity contribution in [2.45, 2.75) is 25.8 Å². The molecular weight excluding hydrogens is 337 g/mol. The van der Waals surface area contributed by atoms with Gasteiger partial charge in [0.25, 0.3) is 5.91 Å². The maximum absolute atomic E-state index is 12.4. The predicted octanol–water partition coefficient (Wildman–Crippen LogP) is 2.17. The number of nitrogens with two attached hydrogens (primary N) is 1. The molecule has 2 amide bonds. The molecule has 0 bridgehead atoms. The van der Waals surface area contributed by atoms with Crippen LogP contribution in [0.3, 0.4) is 0 Å². The zero-order valence-electron chi connectivity index (χ0n) is 13.2. The molecule has 0 saturated carbocycles. The van der Waals surface area contributed by atoms with Gasteiger partial charge < -0.3 is 15.5 Å². The molecule has 0 spiro atoms. The lowest BCUT2D eigenvalue weighted by molar-refractivity contribution is -0.134. The normalized spacial score (nSPS) is 15.8. The van der Waals surface area contributed by atoms with Crippen LogP contribution in [-0.4, -0.2) is 53.8 Å². The summed E-state index contributed by atoms with van der Waals surface area (Å²) in [5.74, 6) is -0.0398. The molecule has 1 aliphatic heterocycles. The number of amides is 2. The first-order valence-corrected chi connectivity index (χ1v) is 8.00. The monoisotopic (exact) mass is 359 g/mol. The molecule has 1 aromatic carbocycles. The Morgan fingerprint density at radius 1 is 1.13 bits per heavy atom. The first-order valence-electron chi connectivity index (χ1n) is 7.62. The molecule has 1 fully saturated rings. The summed E-state index contributed by atoms with van der Waals surface area (Å²) in [6, 6.07) is 6.43. The fourth-order valence-electron chi connectivity index (χ4n) is 2.57. The maximum Gasteiger partial charge on any atom is 0.253 e. The minimum Gasteiger partial charge on any atom is -0.338 e. The van der Waals surface area contributed by atoms with Crippen LogP contribution >= 0.6 is 24.0 Å². The standard InChI is InChI=1S/C16H22ClN3O2.ClH/c1-2-3-14(18)16(22)20-10-8-19(9-11-20)15(21)12-4-6-13(17)7-5-12;/h4-7,14H,2-3,8-11,18H2,1H3;1H. The lowest BCUT2D eigenvalue weighted by atomic mass is 10.1. The Labute approximate surface area is 148 Å². The van der Waals surface area contributed by atoms with Crippen LogP contribution in [0.15, 0.2) is 24.3 Å². The van der Waals surface area contributed by atoms with Crippen LogP contribution in [0, 0.1) is 0 Å². The second-order valence-corrected chi connectivity index (χ2v) is 5.96. The molecular formula is C16H23Cl2N3O2. The summed E-state index contributed by atoms with van der Waals surface area (Å²) < 4.78 is 0. The molecule has 1 heterocycles. The van der Waals surface area contributed by atoms with Crippen molar-refractivity contribution in [1.82, 2.24) is 9.80 Å². The van der Waals surface area contributed by atoms with Crippen molar-refractivity contribution in [3.63, 3.8) is 0 Å². The van der Waals surface area contributed by atoms with Crippen LogP contribution in [0.25, 0.3) is 0 Å². The van der Waals surface area contributed by atoms with Crippen molar-refractivity contribution in [1.29, 1.82) is 0 Å². The van der Waals surface area contributed by atoms with Crippen LogP contribution in [0.2, 0.25) is 5.02 Å². The molecule has 128 valence electrons. The molecule has 0 aromatic heterocycles. The molecule has 1 aliphatic rings. The summed E-state index contributed by atoms with van der Waals surface area (Å²) in [5, 5.41) is 0.608. The molecule has 1 saturated heterocycles. The van der Waals surface area contributed by atoms with E-state index in [9.17, 15) is 9.59 Å². The predicted molar refractivity (Wildman–Crippen MR) is 94.1 cm³/mol. The lowest BCUT2D eigenvalue weighted by Gasteiger charge is -2.36. The molecule has 23 heavy (non-hydrogen) atoms. The largest absolute Gasteiger partial charge is 0.338 e. The van der Waals surface area contributed by atoms with E-state index in [0.717, 1.165) is 6.42 Å². The average molecular weight is 360 g/mol. The van der Waals surface area contributed by atoms with Crippen molar-refractivity contribution in [2.24, 2.45) is 5.73 Å². The third-order valence-corrected chi connectivity index (χ3v) is 4.14. The number of hydrogen-bond donors (Lipinski definition) is 1. The van der Waals surface area contributed by atoms with Crippen LogP contribution in [0.5, 0.6) is 0 Å². The first-order chi connectivity index (χ1) is 10.5. The molecule has 1 aromatic rings. The third-order valence-electron chi connectivity index (χ3n) is 3.89. The van der Waals surface area contributed by atoms with E-state index in [1.54, 1.807) is 34.1 Å². The summed E-state index contributed by atoms with van der Waals surface area (Å²) >= 11 is 5.83. The Kier molecular flexibility index (Phi) is 7.82. The summed E-state index contributed by atoms with van der Waals surface area (Å²) in [6.45, 7) is 4.15. The van der Waals surface area contributed by atoms with Gasteiger partial charge in [0.15, 0.2) is 0 Å². The fraction of sp³-hybridized carbons (Fsp3) is 0.500. The Morgan fingerprint density at radius 3 is 2.17 bits per heavy atom. The van der Waals surface area contributed by atoms with Crippen LogP contribution in [0.4, 0.5) is 0 Å². The van der Waals surface area contributed by atoms with Crippen molar-refractivity contribution < 1.29 is 9.59 Å². The lowest BCUT2D eigenvalue weighted by Crippen LogP contribution is -2.54. The quantitative estimate of drug-likeness (QED) is 0.895. The molecule has 2 rings (SSSR count). The smallest absolute Gasteiger partial charge is 0.253 e. The Hall–Kier alpha value is -1.30. The van der Waals surface area contributed by atoms with Gasteiger partial charge in [-0.2, -0.15) is 0 Å². The van der Waals surface area contributed by atoms with Crippen molar-refractivity contribution in [3.05, 3.63) is 34.9 Å². The zero-order chi connectivity index (χ0) is 16.1. The topological polar surface area (TPSA) is 66.6 Å². The molecule has 1 atom stereocenters. The Bertz CT molecular complexity index is 529. The molecule has 2 N–H and O–H groups in total. The van der Waals surface area contributed by atoms with Crippen molar-refractivity contribution in [3.8, 4) is 0 Å². The Morgan fingerprint density at radius 2 is 1.65 bits per heavy atom. The number of benzene rings is 1. The van der Waals surface area contributed by atoms with Gasteiger partial charge in [0, 0.05) is 36.8 Å². The van der Waals surface area contributed by atoms with Gasteiger partial charge in [0.1, 0.15) is 0 Å². The highest BCUT2D eigenvalue weighted by molar-refractivity contribution is 6.30.